The van der Waals surface area contributed by atoms with Crippen LogP contribution in [0, 0.1) is 13.8 Å². The van der Waals surface area contributed by atoms with E-state index in [1.54, 1.807) is 26.2 Å². The van der Waals surface area contributed by atoms with Crippen LogP contribution < -0.4 is 5.43 Å². The number of aromatic nitrogens is 1. The van der Waals surface area contributed by atoms with Gasteiger partial charge in [-0.3, -0.25) is 9.59 Å². The van der Waals surface area contributed by atoms with E-state index in [2.05, 4.69) is 0 Å². The fourth-order valence-corrected chi connectivity index (χ4v) is 1.21. The van der Waals surface area contributed by atoms with Crippen molar-refractivity contribution in [3.63, 3.8) is 0 Å². The molecule has 0 saturated carbocycles. The largest absolute Gasteiger partial charge is 0.480 e. The molecule has 1 heterocycles. The third kappa shape index (κ3) is 2.18. The average Bonchev–Trinajstić information content (AvgIpc) is 1.98. The van der Waals surface area contributed by atoms with E-state index in [1.807, 2.05) is 0 Å². The van der Waals surface area contributed by atoms with Crippen LogP contribution in [-0.2, 0) is 11.3 Å². The molecule has 13 heavy (non-hydrogen) atoms. The standard InChI is InChI=1S/C9H11NO3/c1-6-3-10(5-8(11)12)4-7(2)9(6)13/h3-4H,5H2,1-2H3,(H,11,12). The first-order valence-electron chi connectivity index (χ1n) is 3.90. The highest BCUT2D eigenvalue weighted by atomic mass is 16.4. The summed E-state index contributed by atoms with van der Waals surface area (Å²) in [6.45, 7) is 3.24. The van der Waals surface area contributed by atoms with E-state index in [0.717, 1.165) is 0 Å². The van der Waals surface area contributed by atoms with Crippen LogP contribution in [0.3, 0.4) is 0 Å². The lowest BCUT2D eigenvalue weighted by atomic mass is 10.2. The van der Waals surface area contributed by atoms with Crippen molar-refractivity contribution in [2.24, 2.45) is 0 Å². The fraction of sp³-hybridized carbons (Fsp3) is 0.333. The van der Waals surface area contributed by atoms with Gasteiger partial charge in [-0.1, -0.05) is 0 Å². The van der Waals surface area contributed by atoms with Crippen molar-refractivity contribution in [2.75, 3.05) is 0 Å². The monoisotopic (exact) mass is 181 g/mol. The molecule has 0 aromatic carbocycles. The highest BCUT2D eigenvalue weighted by molar-refractivity contribution is 5.66. The van der Waals surface area contributed by atoms with Crippen molar-refractivity contribution in [1.29, 1.82) is 0 Å². The summed E-state index contributed by atoms with van der Waals surface area (Å²) < 4.78 is 1.49. The molecule has 0 amide bonds. The number of rotatable bonds is 2. The van der Waals surface area contributed by atoms with Crippen LogP contribution in [0.15, 0.2) is 17.2 Å². The Balaban J connectivity index is 3.13. The Bertz CT molecular complexity index is 366. The molecule has 0 radical (unpaired) electrons. The van der Waals surface area contributed by atoms with E-state index in [1.165, 1.54) is 4.57 Å². The summed E-state index contributed by atoms with van der Waals surface area (Å²) in [6.07, 6.45) is 3.09. The number of carboxylic acids is 1. The van der Waals surface area contributed by atoms with Crippen molar-refractivity contribution in [1.82, 2.24) is 4.57 Å². The van der Waals surface area contributed by atoms with Gasteiger partial charge in [0.2, 0.25) is 0 Å². The van der Waals surface area contributed by atoms with Gasteiger partial charge in [-0.15, -0.1) is 0 Å². The number of aliphatic carboxylic acids is 1. The van der Waals surface area contributed by atoms with Crippen molar-refractivity contribution in [3.05, 3.63) is 33.7 Å². The molecule has 0 aliphatic carbocycles. The van der Waals surface area contributed by atoms with Gasteiger partial charge in [0.1, 0.15) is 6.54 Å². The van der Waals surface area contributed by atoms with Gasteiger partial charge in [0.25, 0.3) is 0 Å². The molecular weight excluding hydrogens is 170 g/mol. The summed E-state index contributed by atoms with van der Waals surface area (Å²) in [5, 5.41) is 8.52. The topological polar surface area (TPSA) is 59.3 Å². The lowest BCUT2D eigenvalue weighted by Gasteiger charge is -2.04. The smallest absolute Gasteiger partial charge is 0.323 e. The minimum atomic E-state index is -0.914. The SMILES string of the molecule is Cc1cn(CC(=O)O)cc(C)c1=O. The zero-order valence-electron chi connectivity index (χ0n) is 7.57. The zero-order chi connectivity index (χ0) is 10.0. The molecule has 0 bridgehead atoms. The number of hydrogen-bond donors (Lipinski definition) is 1. The molecule has 0 aliphatic heterocycles. The van der Waals surface area contributed by atoms with Crippen LogP contribution in [0.25, 0.3) is 0 Å². The summed E-state index contributed by atoms with van der Waals surface area (Å²) in [7, 11) is 0. The van der Waals surface area contributed by atoms with Gasteiger partial charge >= 0.3 is 5.97 Å². The number of aryl methyl sites for hydroxylation is 2. The summed E-state index contributed by atoms with van der Waals surface area (Å²) in [5.41, 5.74) is 1.11. The Morgan fingerprint density at radius 3 is 2.23 bits per heavy atom. The predicted octanol–water partition coefficient (Wildman–Crippen LogP) is 0.550. The van der Waals surface area contributed by atoms with Crippen LogP contribution in [0.4, 0.5) is 0 Å². The molecule has 70 valence electrons. The highest BCUT2D eigenvalue weighted by Crippen LogP contribution is 1.95. The van der Waals surface area contributed by atoms with Crippen molar-refractivity contribution >= 4 is 5.97 Å². The van der Waals surface area contributed by atoms with Gasteiger partial charge in [-0.2, -0.15) is 0 Å². The molecule has 0 aliphatic rings. The summed E-state index contributed by atoms with van der Waals surface area (Å²) in [6, 6.07) is 0. The molecular formula is C9H11NO3. The van der Waals surface area contributed by atoms with Crippen LogP contribution >= 0.6 is 0 Å². The Hall–Kier alpha value is -1.58. The molecule has 0 atom stereocenters. The van der Waals surface area contributed by atoms with Crippen LogP contribution in [-0.4, -0.2) is 15.6 Å². The van der Waals surface area contributed by atoms with Crippen LogP contribution in [0.1, 0.15) is 11.1 Å². The van der Waals surface area contributed by atoms with Crippen molar-refractivity contribution in [3.8, 4) is 0 Å². The lowest BCUT2D eigenvalue weighted by molar-refractivity contribution is -0.137. The molecule has 1 N–H and O–H groups in total. The number of nitrogens with zero attached hydrogens (tertiary/aromatic N) is 1. The second-order valence-corrected chi connectivity index (χ2v) is 3.02. The van der Waals surface area contributed by atoms with E-state index in [-0.39, 0.29) is 12.0 Å². The second-order valence-electron chi connectivity index (χ2n) is 3.02. The van der Waals surface area contributed by atoms with E-state index < -0.39 is 5.97 Å². The van der Waals surface area contributed by atoms with Gasteiger partial charge in [0.05, 0.1) is 0 Å². The van der Waals surface area contributed by atoms with Gasteiger partial charge in [-0.25, -0.2) is 0 Å². The van der Waals surface area contributed by atoms with Crippen LogP contribution in [0.5, 0.6) is 0 Å². The first-order chi connectivity index (χ1) is 6.00. The fourth-order valence-electron chi connectivity index (χ4n) is 1.21. The minimum absolute atomic E-state index is 0.0263. The number of pyridine rings is 1. The maximum absolute atomic E-state index is 11.2. The molecule has 0 unspecified atom stereocenters. The molecule has 1 aromatic rings. The first-order valence-corrected chi connectivity index (χ1v) is 3.90. The average molecular weight is 181 g/mol. The van der Waals surface area contributed by atoms with E-state index in [4.69, 9.17) is 5.11 Å². The third-order valence-electron chi connectivity index (χ3n) is 1.75. The van der Waals surface area contributed by atoms with Crippen LogP contribution in [0.2, 0.25) is 0 Å². The Morgan fingerprint density at radius 1 is 1.38 bits per heavy atom. The molecule has 0 spiro atoms. The molecule has 1 aromatic heterocycles. The molecule has 0 fully saturated rings. The summed E-state index contributed by atoms with van der Waals surface area (Å²) in [4.78, 5) is 21.6. The van der Waals surface area contributed by atoms with E-state index in [9.17, 15) is 9.59 Å². The third-order valence-corrected chi connectivity index (χ3v) is 1.75. The maximum Gasteiger partial charge on any atom is 0.323 e. The number of hydrogen-bond acceptors (Lipinski definition) is 2. The first kappa shape index (κ1) is 9.51. The number of carbonyl (C=O) groups is 1. The molecule has 4 nitrogen and oxygen atoms in total. The van der Waals surface area contributed by atoms with E-state index >= 15 is 0 Å². The van der Waals surface area contributed by atoms with E-state index in [0.29, 0.717) is 11.1 Å². The molecule has 1 rings (SSSR count). The molecule has 0 saturated heterocycles. The normalized spacial score (nSPS) is 10.0. The van der Waals surface area contributed by atoms with Gasteiger partial charge in [0.15, 0.2) is 5.43 Å². The summed E-state index contributed by atoms with van der Waals surface area (Å²) in [5.74, 6) is -0.914. The summed E-state index contributed by atoms with van der Waals surface area (Å²) >= 11 is 0. The lowest BCUT2D eigenvalue weighted by Crippen LogP contribution is -2.16. The molecule has 4 heteroatoms. The number of carboxylic acid groups (broad SMARTS) is 1. The van der Waals surface area contributed by atoms with Crippen molar-refractivity contribution < 1.29 is 9.90 Å². The highest BCUT2D eigenvalue weighted by Gasteiger charge is 2.02. The van der Waals surface area contributed by atoms with Gasteiger partial charge < -0.3 is 9.67 Å². The zero-order valence-corrected chi connectivity index (χ0v) is 7.57. The second kappa shape index (κ2) is 3.43. The Kier molecular flexibility index (Phi) is 2.51. The predicted molar refractivity (Wildman–Crippen MR) is 47.8 cm³/mol. The maximum atomic E-state index is 11.2. The quantitative estimate of drug-likeness (QED) is 0.724. The van der Waals surface area contributed by atoms with Gasteiger partial charge in [-0.05, 0) is 13.8 Å². The van der Waals surface area contributed by atoms with Crippen molar-refractivity contribution in [2.45, 2.75) is 20.4 Å². The van der Waals surface area contributed by atoms with Gasteiger partial charge in [0, 0.05) is 23.5 Å². The Labute approximate surface area is 75.4 Å². The Morgan fingerprint density at radius 2 is 1.85 bits per heavy atom. The minimum Gasteiger partial charge on any atom is -0.480 e.